The van der Waals surface area contributed by atoms with E-state index in [9.17, 15) is 9.59 Å². The number of carbonyl (C=O) groups is 2. The maximum atomic E-state index is 11.4. The van der Waals surface area contributed by atoms with Gasteiger partial charge in [-0.25, -0.2) is 0 Å². The summed E-state index contributed by atoms with van der Waals surface area (Å²) in [6.07, 6.45) is 1.11. The van der Waals surface area contributed by atoms with Crippen LogP contribution >= 0.6 is 0 Å². The Kier molecular flexibility index (Phi) is 6.74. The molecule has 5 heteroatoms. The van der Waals surface area contributed by atoms with Gasteiger partial charge in [0.05, 0.1) is 6.61 Å². The standard InChI is InChI=1S/C9H18N2O3/c1-7(2)5-8(11-6-13)9(14)10-3-4-12/h6-8,12H,3-5H2,1-2H3,(H,10,14)(H,11,13). The van der Waals surface area contributed by atoms with Crippen molar-refractivity contribution in [3.63, 3.8) is 0 Å². The minimum absolute atomic E-state index is 0.0960. The summed E-state index contributed by atoms with van der Waals surface area (Å²) in [6, 6.07) is -0.501. The zero-order valence-electron chi connectivity index (χ0n) is 8.62. The van der Waals surface area contributed by atoms with Crippen molar-refractivity contribution in [1.82, 2.24) is 10.6 Å². The van der Waals surface area contributed by atoms with Gasteiger partial charge in [0.15, 0.2) is 0 Å². The lowest BCUT2D eigenvalue weighted by atomic mass is 10.0. The molecule has 0 bridgehead atoms. The van der Waals surface area contributed by atoms with Crippen LogP contribution in [0.15, 0.2) is 0 Å². The predicted octanol–water partition coefficient (Wildman–Crippen LogP) is -0.744. The highest BCUT2D eigenvalue weighted by atomic mass is 16.3. The van der Waals surface area contributed by atoms with E-state index in [2.05, 4.69) is 10.6 Å². The Morgan fingerprint density at radius 1 is 1.50 bits per heavy atom. The van der Waals surface area contributed by atoms with Crippen molar-refractivity contribution in [3.8, 4) is 0 Å². The van der Waals surface area contributed by atoms with Gasteiger partial charge in [-0.05, 0) is 12.3 Å². The Morgan fingerprint density at radius 3 is 2.57 bits per heavy atom. The van der Waals surface area contributed by atoms with Gasteiger partial charge in [-0.15, -0.1) is 0 Å². The molecule has 0 fully saturated rings. The van der Waals surface area contributed by atoms with E-state index < -0.39 is 6.04 Å². The lowest BCUT2D eigenvalue weighted by Crippen LogP contribution is -2.45. The van der Waals surface area contributed by atoms with E-state index in [1.165, 1.54) is 0 Å². The second-order valence-electron chi connectivity index (χ2n) is 3.48. The SMILES string of the molecule is CC(C)CC(NC=O)C(=O)NCCO. The summed E-state index contributed by atoms with van der Waals surface area (Å²) in [5, 5.41) is 13.5. The van der Waals surface area contributed by atoms with Gasteiger partial charge in [0.2, 0.25) is 12.3 Å². The first kappa shape index (κ1) is 12.9. The molecule has 0 aromatic rings. The smallest absolute Gasteiger partial charge is 0.242 e. The maximum Gasteiger partial charge on any atom is 0.242 e. The van der Waals surface area contributed by atoms with Gasteiger partial charge in [0.1, 0.15) is 6.04 Å². The van der Waals surface area contributed by atoms with Gasteiger partial charge in [0.25, 0.3) is 0 Å². The van der Waals surface area contributed by atoms with Crippen LogP contribution in [-0.2, 0) is 9.59 Å². The van der Waals surface area contributed by atoms with E-state index in [4.69, 9.17) is 5.11 Å². The number of carbonyl (C=O) groups excluding carboxylic acids is 2. The van der Waals surface area contributed by atoms with Crippen LogP contribution < -0.4 is 10.6 Å². The Hall–Kier alpha value is -1.10. The summed E-state index contributed by atoms with van der Waals surface area (Å²) in [4.78, 5) is 21.6. The Balaban J connectivity index is 4.03. The molecule has 0 aromatic carbocycles. The second kappa shape index (κ2) is 7.32. The summed E-state index contributed by atoms with van der Waals surface area (Å²) in [6.45, 7) is 4.06. The van der Waals surface area contributed by atoms with Crippen molar-refractivity contribution in [1.29, 1.82) is 0 Å². The van der Waals surface area contributed by atoms with Crippen LogP contribution in [0.4, 0.5) is 0 Å². The summed E-state index contributed by atoms with van der Waals surface area (Å²) >= 11 is 0. The number of nitrogens with one attached hydrogen (secondary N) is 2. The fourth-order valence-electron chi connectivity index (χ4n) is 1.11. The van der Waals surface area contributed by atoms with Crippen LogP contribution in [0.3, 0.4) is 0 Å². The van der Waals surface area contributed by atoms with E-state index in [1.54, 1.807) is 0 Å². The molecular formula is C9H18N2O3. The molecule has 0 saturated heterocycles. The minimum Gasteiger partial charge on any atom is -0.395 e. The van der Waals surface area contributed by atoms with Gasteiger partial charge in [-0.2, -0.15) is 0 Å². The summed E-state index contributed by atoms with van der Waals surface area (Å²) in [5.74, 6) is 0.0761. The maximum absolute atomic E-state index is 11.4. The zero-order valence-corrected chi connectivity index (χ0v) is 8.62. The number of aliphatic hydroxyl groups excluding tert-OH is 1. The molecule has 82 valence electrons. The molecule has 3 N–H and O–H groups in total. The lowest BCUT2D eigenvalue weighted by Gasteiger charge is -2.17. The molecule has 0 saturated carbocycles. The first-order valence-electron chi connectivity index (χ1n) is 4.70. The largest absolute Gasteiger partial charge is 0.395 e. The summed E-state index contributed by atoms with van der Waals surface area (Å²) in [7, 11) is 0. The van der Waals surface area contributed by atoms with E-state index in [-0.39, 0.29) is 19.1 Å². The highest BCUT2D eigenvalue weighted by Gasteiger charge is 2.17. The van der Waals surface area contributed by atoms with E-state index in [1.807, 2.05) is 13.8 Å². The number of aliphatic hydroxyl groups is 1. The monoisotopic (exact) mass is 202 g/mol. The third-order valence-electron chi connectivity index (χ3n) is 1.70. The first-order valence-corrected chi connectivity index (χ1v) is 4.70. The molecule has 0 spiro atoms. The first-order chi connectivity index (χ1) is 6.61. The van der Waals surface area contributed by atoms with Crippen LogP contribution in [0, 0.1) is 5.92 Å². The number of hydrogen-bond donors (Lipinski definition) is 3. The van der Waals surface area contributed by atoms with Crippen molar-refractivity contribution in [3.05, 3.63) is 0 Å². The van der Waals surface area contributed by atoms with Crippen LogP contribution in [-0.4, -0.2) is 36.6 Å². The number of amides is 2. The Morgan fingerprint density at radius 2 is 2.14 bits per heavy atom. The van der Waals surface area contributed by atoms with Crippen LogP contribution in [0.2, 0.25) is 0 Å². The van der Waals surface area contributed by atoms with Gasteiger partial charge in [-0.3, -0.25) is 9.59 Å². The average Bonchev–Trinajstić information content (AvgIpc) is 2.13. The second-order valence-corrected chi connectivity index (χ2v) is 3.48. The zero-order chi connectivity index (χ0) is 11.0. The van der Waals surface area contributed by atoms with E-state index in [0.717, 1.165) is 0 Å². The molecule has 1 atom stereocenters. The number of rotatable bonds is 7. The van der Waals surface area contributed by atoms with Crippen molar-refractivity contribution in [2.75, 3.05) is 13.2 Å². The molecule has 0 aliphatic carbocycles. The summed E-state index contributed by atoms with van der Waals surface area (Å²) < 4.78 is 0. The van der Waals surface area contributed by atoms with Crippen molar-refractivity contribution in [2.24, 2.45) is 5.92 Å². The quantitative estimate of drug-likeness (QED) is 0.476. The van der Waals surface area contributed by atoms with E-state index >= 15 is 0 Å². The third kappa shape index (κ3) is 5.53. The van der Waals surface area contributed by atoms with Gasteiger partial charge in [-0.1, -0.05) is 13.8 Å². The lowest BCUT2D eigenvalue weighted by molar-refractivity contribution is -0.125. The molecule has 1 unspecified atom stereocenters. The predicted molar refractivity (Wildman–Crippen MR) is 52.5 cm³/mol. The van der Waals surface area contributed by atoms with Crippen molar-refractivity contribution >= 4 is 12.3 Å². The molecule has 2 amide bonds. The molecule has 0 aromatic heterocycles. The molecule has 0 aliphatic rings. The van der Waals surface area contributed by atoms with Gasteiger partial charge >= 0.3 is 0 Å². The average molecular weight is 202 g/mol. The molecular weight excluding hydrogens is 184 g/mol. The highest BCUT2D eigenvalue weighted by molar-refractivity contribution is 5.83. The normalized spacial score (nSPS) is 12.3. The topological polar surface area (TPSA) is 78.4 Å². The fourth-order valence-corrected chi connectivity index (χ4v) is 1.11. The highest BCUT2D eigenvalue weighted by Crippen LogP contribution is 2.04. The Bertz CT molecular complexity index is 183. The van der Waals surface area contributed by atoms with Crippen LogP contribution in [0.25, 0.3) is 0 Å². The van der Waals surface area contributed by atoms with Crippen molar-refractivity contribution in [2.45, 2.75) is 26.3 Å². The van der Waals surface area contributed by atoms with Crippen LogP contribution in [0.5, 0.6) is 0 Å². The number of hydrogen-bond acceptors (Lipinski definition) is 3. The Labute approximate surface area is 83.9 Å². The summed E-state index contributed by atoms with van der Waals surface area (Å²) in [5.41, 5.74) is 0. The fraction of sp³-hybridized carbons (Fsp3) is 0.778. The third-order valence-corrected chi connectivity index (χ3v) is 1.70. The van der Waals surface area contributed by atoms with Gasteiger partial charge < -0.3 is 15.7 Å². The molecule has 5 nitrogen and oxygen atoms in total. The van der Waals surface area contributed by atoms with Gasteiger partial charge in [0, 0.05) is 6.54 Å². The molecule has 0 rings (SSSR count). The van der Waals surface area contributed by atoms with Crippen molar-refractivity contribution < 1.29 is 14.7 Å². The minimum atomic E-state index is -0.501. The van der Waals surface area contributed by atoms with E-state index in [0.29, 0.717) is 18.7 Å². The molecule has 0 heterocycles. The molecule has 0 aliphatic heterocycles. The molecule has 14 heavy (non-hydrogen) atoms. The molecule has 0 radical (unpaired) electrons. The van der Waals surface area contributed by atoms with Crippen LogP contribution in [0.1, 0.15) is 20.3 Å².